The Morgan fingerprint density at radius 1 is 1.14 bits per heavy atom. The van der Waals surface area contributed by atoms with Crippen molar-refractivity contribution in [1.82, 2.24) is 9.80 Å². The number of carbonyl (C=O) groups excluding carboxylic acids is 2. The van der Waals surface area contributed by atoms with Crippen molar-refractivity contribution in [3.63, 3.8) is 0 Å². The second-order valence-electron chi connectivity index (χ2n) is 7.13. The predicted octanol–water partition coefficient (Wildman–Crippen LogP) is 4.52. The van der Waals surface area contributed by atoms with Crippen molar-refractivity contribution in [2.45, 2.75) is 26.3 Å². The molecule has 0 aliphatic carbocycles. The van der Waals surface area contributed by atoms with Gasteiger partial charge in [0.05, 0.1) is 5.56 Å². The maximum absolute atomic E-state index is 13.9. The number of carbonyl (C=O) groups is 2. The van der Waals surface area contributed by atoms with Crippen molar-refractivity contribution in [2.24, 2.45) is 5.92 Å². The third-order valence-corrected chi connectivity index (χ3v) is 5.67. The summed E-state index contributed by atoms with van der Waals surface area (Å²) in [7, 11) is 0. The lowest BCUT2D eigenvalue weighted by molar-refractivity contribution is -0.137. The summed E-state index contributed by atoms with van der Waals surface area (Å²) in [5.74, 6) is -2.23. The average Bonchev–Trinajstić information content (AvgIpc) is 2.72. The monoisotopic (exact) mass is 420 g/mol. The topological polar surface area (TPSA) is 40.6 Å². The molecule has 3 rings (SSSR count). The van der Waals surface area contributed by atoms with E-state index in [1.807, 2.05) is 25.1 Å². The Hall–Kier alpha value is -2.47. The molecule has 0 bridgehead atoms. The normalized spacial score (nSPS) is 14.7. The first-order valence-electron chi connectivity index (χ1n) is 9.67. The molecule has 2 aromatic rings. The number of benzene rings is 2. The quantitative estimate of drug-likeness (QED) is 0.713. The number of halogens is 3. The molecule has 0 saturated carbocycles. The Morgan fingerprint density at radius 3 is 2.45 bits per heavy atom. The minimum Gasteiger partial charge on any atom is -0.339 e. The van der Waals surface area contributed by atoms with Gasteiger partial charge in [-0.1, -0.05) is 29.8 Å². The summed E-state index contributed by atoms with van der Waals surface area (Å²) in [6, 6.07) is 10.4. The molecule has 1 heterocycles. The van der Waals surface area contributed by atoms with Crippen LogP contribution in [0.3, 0.4) is 0 Å². The van der Waals surface area contributed by atoms with Crippen molar-refractivity contribution >= 4 is 23.4 Å². The highest BCUT2D eigenvalue weighted by molar-refractivity contribution is 6.31. The number of likely N-dealkylation sites (tertiary alicyclic amines) is 1. The van der Waals surface area contributed by atoms with E-state index in [0.29, 0.717) is 50.1 Å². The molecule has 154 valence electrons. The third-order valence-electron chi connectivity index (χ3n) is 5.31. The maximum atomic E-state index is 13.9. The number of hydrogen-bond acceptors (Lipinski definition) is 2. The molecule has 0 spiro atoms. The Labute approximate surface area is 174 Å². The fourth-order valence-electron chi connectivity index (χ4n) is 3.60. The van der Waals surface area contributed by atoms with E-state index in [2.05, 4.69) is 0 Å². The van der Waals surface area contributed by atoms with Gasteiger partial charge in [-0.3, -0.25) is 9.59 Å². The highest BCUT2D eigenvalue weighted by Crippen LogP contribution is 2.24. The van der Waals surface area contributed by atoms with Crippen LogP contribution < -0.4 is 0 Å². The molecule has 2 amide bonds. The molecule has 1 saturated heterocycles. The van der Waals surface area contributed by atoms with Crippen LogP contribution in [0.25, 0.3) is 0 Å². The third kappa shape index (κ3) is 4.93. The summed E-state index contributed by atoms with van der Waals surface area (Å²) in [6.07, 6.45) is 1.01. The van der Waals surface area contributed by atoms with Crippen LogP contribution in [0.1, 0.15) is 35.7 Å². The van der Waals surface area contributed by atoms with E-state index in [1.165, 1.54) is 4.90 Å². The Morgan fingerprint density at radius 2 is 1.83 bits per heavy atom. The van der Waals surface area contributed by atoms with Gasteiger partial charge in [0.2, 0.25) is 5.91 Å². The number of rotatable bonds is 5. The highest BCUT2D eigenvalue weighted by atomic mass is 35.5. The largest absolute Gasteiger partial charge is 0.339 e. The summed E-state index contributed by atoms with van der Waals surface area (Å²) in [5.41, 5.74) is 0.744. The molecule has 1 fully saturated rings. The molecule has 4 nitrogen and oxygen atoms in total. The van der Waals surface area contributed by atoms with Crippen molar-refractivity contribution in [2.75, 3.05) is 19.6 Å². The molecular formula is C22H23ClF2N2O2. The zero-order valence-corrected chi connectivity index (χ0v) is 17.0. The van der Waals surface area contributed by atoms with Gasteiger partial charge in [-0.15, -0.1) is 0 Å². The molecule has 1 aliphatic rings. The minimum absolute atomic E-state index is 0.0347. The van der Waals surface area contributed by atoms with E-state index in [-0.39, 0.29) is 17.4 Å². The first kappa shape index (κ1) is 21.2. The fourth-order valence-corrected chi connectivity index (χ4v) is 3.79. The zero-order chi connectivity index (χ0) is 21.0. The molecular weight excluding hydrogens is 398 g/mol. The molecule has 0 atom stereocenters. The summed E-state index contributed by atoms with van der Waals surface area (Å²) >= 11 is 6.21. The van der Waals surface area contributed by atoms with Crippen LogP contribution in [0.5, 0.6) is 0 Å². The van der Waals surface area contributed by atoms with E-state index >= 15 is 0 Å². The highest BCUT2D eigenvalue weighted by Gasteiger charge is 2.31. The van der Waals surface area contributed by atoms with E-state index in [9.17, 15) is 18.4 Å². The molecule has 0 aromatic heterocycles. The first-order valence-corrected chi connectivity index (χ1v) is 10.0. The van der Waals surface area contributed by atoms with Crippen LogP contribution in [0.15, 0.2) is 42.5 Å². The van der Waals surface area contributed by atoms with Crippen LogP contribution in [0.4, 0.5) is 8.78 Å². The van der Waals surface area contributed by atoms with Crippen LogP contribution in [0, 0.1) is 17.6 Å². The Bertz CT molecular complexity index is 898. The SMILES string of the molecule is CCN(Cc1ccccc1Cl)C(=O)C1CCN(C(=O)c2ccc(F)cc2F)CC1. The van der Waals surface area contributed by atoms with Gasteiger partial charge in [-0.05, 0) is 43.5 Å². The molecule has 1 aliphatic heterocycles. The molecule has 0 radical (unpaired) electrons. The minimum atomic E-state index is -0.870. The summed E-state index contributed by atoms with van der Waals surface area (Å²) in [4.78, 5) is 28.8. The summed E-state index contributed by atoms with van der Waals surface area (Å²) in [6.45, 7) is 3.63. The van der Waals surface area contributed by atoms with Gasteiger partial charge in [0.1, 0.15) is 11.6 Å². The van der Waals surface area contributed by atoms with Crippen molar-refractivity contribution < 1.29 is 18.4 Å². The average molecular weight is 421 g/mol. The number of nitrogens with zero attached hydrogens (tertiary/aromatic N) is 2. The lowest BCUT2D eigenvalue weighted by Crippen LogP contribution is -2.44. The first-order chi connectivity index (χ1) is 13.9. The molecule has 7 heteroatoms. The predicted molar refractivity (Wildman–Crippen MR) is 108 cm³/mol. The molecule has 2 aromatic carbocycles. The Balaban J connectivity index is 1.61. The summed E-state index contributed by atoms with van der Waals surface area (Å²) in [5, 5.41) is 0.625. The van der Waals surface area contributed by atoms with E-state index in [0.717, 1.165) is 17.7 Å². The fraction of sp³-hybridized carbons (Fsp3) is 0.364. The van der Waals surface area contributed by atoms with Gasteiger partial charge in [0.15, 0.2) is 0 Å². The standard InChI is InChI=1S/C22H23ClF2N2O2/c1-2-26(14-16-5-3-4-6-19(16)23)21(28)15-9-11-27(12-10-15)22(29)18-8-7-17(24)13-20(18)25/h3-8,13,15H,2,9-12,14H2,1H3. The smallest absolute Gasteiger partial charge is 0.256 e. The second kappa shape index (κ2) is 9.35. The van der Waals surface area contributed by atoms with E-state index in [1.54, 1.807) is 11.0 Å². The van der Waals surface area contributed by atoms with Gasteiger partial charge in [-0.2, -0.15) is 0 Å². The lowest BCUT2D eigenvalue weighted by Gasteiger charge is -2.34. The van der Waals surface area contributed by atoms with Crippen molar-refractivity contribution in [1.29, 1.82) is 0 Å². The number of hydrogen-bond donors (Lipinski definition) is 0. The molecule has 0 unspecified atom stereocenters. The second-order valence-corrected chi connectivity index (χ2v) is 7.54. The van der Waals surface area contributed by atoms with Crippen LogP contribution in [0.2, 0.25) is 5.02 Å². The van der Waals surface area contributed by atoms with Gasteiger partial charge in [0.25, 0.3) is 5.91 Å². The van der Waals surface area contributed by atoms with Gasteiger partial charge < -0.3 is 9.80 Å². The van der Waals surface area contributed by atoms with Crippen LogP contribution >= 0.6 is 11.6 Å². The van der Waals surface area contributed by atoms with Crippen molar-refractivity contribution in [3.05, 3.63) is 70.2 Å². The lowest BCUT2D eigenvalue weighted by atomic mass is 9.94. The number of piperidine rings is 1. The molecule has 0 N–H and O–H groups in total. The van der Waals surface area contributed by atoms with Gasteiger partial charge in [-0.25, -0.2) is 8.78 Å². The number of amides is 2. The summed E-state index contributed by atoms with van der Waals surface area (Å²) < 4.78 is 27.0. The van der Waals surface area contributed by atoms with Gasteiger partial charge in [0, 0.05) is 43.2 Å². The van der Waals surface area contributed by atoms with E-state index < -0.39 is 17.5 Å². The van der Waals surface area contributed by atoms with Gasteiger partial charge >= 0.3 is 0 Å². The van der Waals surface area contributed by atoms with Crippen LogP contribution in [-0.2, 0) is 11.3 Å². The zero-order valence-electron chi connectivity index (χ0n) is 16.2. The maximum Gasteiger partial charge on any atom is 0.256 e. The molecule has 29 heavy (non-hydrogen) atoms. The Kier molecular flexibility index (Phi) is 6.85. The van der Waals surface area contributed by atoms with Crippen LogP contribution in [-0.4, -0.2) is 41.2 Å². The van der Waals surface area contributed by atoms with E-state index in [4.69, 9.17) is 11.6 Å². The van der Waals surface area contributed by atoms with Crippen molar-refractivity contribution in [3.8, 4) is 0 Å².